The Hall–Kier alpha value is -2.37. The number of hydrogen-bond acceptors (Lipinski definition) is 3. The first kappa shape index (κ1) is 23.3. The topological polar surface area (TPSA) is 58.6 Å². The van der Waals surface area contributed by atoms with Crippen LogP contribution in [0.25, 0.3) is 0 Å². The molecule has 1 aliphatic heterocycles. The van der Waals surface area contributed by atoms with Crippen molar-refractivity contribution in [2.75, 3.05) is 13.2 Å². The minimum Gasteiger partial charge on any atom is -0.376 e. The third-order valence-electron chi connectivity index (χ3n) is 5.53. The third-order valence-corrected chi connectivity index (χ3v) is 5.78. The second-order valence-corrected chi connectivity index (χ2v) is 8.42. The summed E-state index contributed by atoms with van der Waals surface area (Å²) >= 11 is 6.03. The fourth-order valence-corrected chi connectivity index (χ4v) is 3.96. The monoisotopic (exact) mass is 442 g/mol. The molecule has 1 N–H and O–H groups in total. The Bertz CT molecular complexity index is 836. The first-order chi connectivity index (χ1) is 15.1. The minimum atomic E-state index is -0.599. The Labute approximate surface area is 189 Å². The van der Waals surface area contributed by atoms with E-state index in [9.17, 15) is 9.59 Å². The highest BCUT2D eigenvalue weighted by Crippen LogP contribution is 2.18. The van der Waals surface area contributed by atoms with Crippen molar-refractivity contribution in [1.82, 2.24) is 10.2 Å². The summed E-state index contributed by atoms with van der Waals surface area (Å²) < 4.78 is 5.65. The predicted molar refractivity (Wildman–Crippen MR) is 123 cm³/mol. The van der Waals surface area contributed by atoms with Gasteiger partial charge in [-0.25, -0.2) is 0 Å². The zero-order valence-corrected chi connectivity index (χ0v) is 18.8. The Morgan fingerprint density at radius 2 is 1.87 bits per heavy atom. The molecule has 0 radical (unpaired) electrons. The van der Waals surface area contributed by atoms with Gasteiger partial charge in [-0.2, -0.15) is 0 Å². The molecule has 166 valence electrons. The highest BCUT2D eigenvalue weighted by molar-refractivity contribution is 6.30. The molecule has 0 bridgehead atoms. The normalized spacial score (nSPS) is 16.6. The molecule has 1 fully saturated rings. The van der Waals surface area contributed by atoms with E-state index in [1.807, 2.05) is 61.5 Å². The van der Waals surface area contributed by atoms with Gasteiger partial charge in [-0.05, 0) is 42.5 Å². The van der Waals surface area contributed by atoms with E-state index in [0.717, 1.165) is 37.0 Å². The number of nitrogens with zero attached hydrogens (tertiary/aromatic N) is 1. The molecule has 5 nitrogen and oxygen atoms in total. The molecule has 0 aromatic heterocycles. The molecule has 0 spiro atoms. The maximum Gasteiger partial charge on any atom is 0.243 e. The van der Waals surface area contributed by atoms with Gasteiger partial charge in [0.05, 0.1) is 6.10 Å². The standard InChI is InChI=1S/C25H31ClN2O3/c1-2-7-24(29)28(18-20-11-13-21(26)14-12-20)23(16-19-8-4-3-5-9-19)25(30)27-17-22-10-6-15-31-22/h3-5,8-9,11-14,22-23H,2,6-7,10,15-18H2,1H3,(H,27,30)/t22-,23+/m1/s1. The number of carbonyl (C=O) groups is 2. The highest BCUT2D eigenvalue weighted by Gasteiger charge is 2.30. The van der Waals surface area contributed by atoms with Crippen molar-refractivity contribution in [3.8, 4) is 0 Å². The van der Waals surface area contributed by atoms with Crippen LogP contribution in [0.2, 0.25) is 5.02 Å². The lowest BCUT2D eigenvalue weighted by atomic mass is 10.0. The molecule has 0 aliphatic carbocycles. The van der Waals surface area contributed by atoms with Crippen LogP contribution in [0.1, 0.15) is 43.7 Å². The Morgan fingerprint density at radius 3 is 2.52 bits per heavy atom. The van der Waals surface area contributed by atoms with Gasteiger partial charge in [-0.3, -0.25) is 9.59 Å². The average molecular weight is 443 g/mol. The molecular formula is C25H31ClN2O3. The van der Waals surface area contributed by atoms with Crippen LogP contribution in [0.4, 0.5) is 0 Å². The summed E-state index contributed by atoms with van der Waals surface area (Å²) in [5.41, 5.74) is 1.96. The number of nitrogens with one attached hydrogen (secondary N) is 1. The van der Waals surface area contributed by atoms with Crippen LogP contribution in [0.3, 0.4) is 0 Å². The smallest absolute Gasteiger partial charge is 0.243 e. The summed E-state index contributed by atoms with van der Waals surface area (Å²) in [7, 11) is 0. The Balaban J connectivity index is 1.83. The van der Waals surface area contributed by atoms with Crippen LogP contribution in [0.15, 0.2) is 54.6 Å². The molecule has 0 unspecified atom stereocenters. The van der Waals surface area contributed by atoms with Gasteiger partial charge in [0.1, 0.15) is 6.04 Å². The maximum atomic E-state index is 13.3. The molecule has 31 heavy (non-hydrogen) atoms. The Kier molecular flexibility index (Phi) is 8.92. The van der Waals surface area contributed by atoms with Crippen molar-refractivity contribution >= 4 is 23.4 Å². The second-order valence-electron chi connectivity index (χ2n) is 7.98. The molecule has 2 aromatic rings. The molecule has 2 atom stereocenters. The molecule has 2 aromatic carbocycles. The van der Waals surface area contributed by atoms with Gasteiger partial charge >= 0.3 is 0 Å². The molecule has 0 saturated carbocycles. The quantitative estimate of drug-likeness (QED) is 0.594. The van der Waals surface area contributed by atoms with Gasteiger partial charge in [0.2, 0.25) is 11.8 Å². The maximum absolute atomic E-state index is 13.3. The van der Waals surface area contributed by atoms with E-state index in [1.54, 1.807) is 4.90 Å². The Morgan fingerprint density at radius 1 is 1.13 bits per heavy atom. The second kappa shape index (κ2) is 11.9. The van der Waals surface area contributed by atoms with Gasteiger partial charge in [0.15, 0.2) is 0 Å². The summed E-state index contributed by atoms with van der Waals surface area (Å²) in [4.78, 5) is 28.1. The highest BCUT2D eigenvalue weighted by atomic mass is 35.5. The van der Waals surface area contributed by atoms with E-state index in [-0.39, 0.29) is 17.9 Å². The number of halogens is 1. The third kappa shape index (κ3) is 7.08. The molecule has 2 amide bonds. The largest absolute Gasteiger partial charge is 0.376 e. The SMILES string of the molecule is CCCC(=O)N(Cc1ccc(Cl)cc1)[C@@H](Cc1ccccc1)C(=O)NC[C@H]1CCCO1. The summed E-state index contributed by atoms with van der Waals surface area (Å²) in [5, 5.41) is 3.68. The van der Waals surface area contributed by atoms with E-state index in [1.165, 1.54) is 0 Å². The summed E-state index contributed by atoms with van der Waals surface area (Å²) in [5.74, 6) is -0.164. The summed E-state index contributed by atoms with van der Waals surface area (Å²) in [6, 6.07) is 16.7. The van der Waals surface area contributed by atoms with Gasteiger partial charge in [-0.1, -0.05) is 61.0 Å². The first-order valence-corrected chi connectivity index (χ1v) is 11.4. The van der Waals surface area contributed by atoms with E-state index >= 15 is 0 Å². The average Bonchev–Trinajstić information content (AvgIpc) is 3.30. The zero-order valence-electron chi connectivity index (χ0n) is 18.1. The molecule has 6 heteroatoms. The lowest BCUT2D eigenvalue weighted by molar-refractivity contribution is -0.141. The van der Waals surface area contributed by atoms with Gasteiger partial charge < -0.3 is 15.0 Å². The van der Waals surface area contributed by atoms with Crippen LogP contribution >= 0.6 is 11.6 Å². The zero-order chi connectivity index (χ0) is 22.1. The van der Waals surface area contributed by atoms with E-state index in [0.29, 0.717) is 31.0 Å². The number of hydrogen-bond donors (Lipinski definition) is 1. The molecular weight excluding hydrogens is 412 g/mol. The van der Waals surface area contributed by atoms with Gasteiger partial charge in [0, 0.05) is 37.6 Å². The van der Waals surface area contributed by atoms with E-state index < -0.39 is 6.04 Å². The predicted octanol–water partition coefficient (Wildman–Crippen LogP) is 4.38. The van der Waals surface area contributed by atoms with Crippen LogP contribution in [0.5, 0.6) is 0 Å². The number of carbonyl (C=O) groups excluding carboxylic acids is 2. The molecule has 1 aliphatic rings. The number of benzene rings is 2. The molecule has 3 rings (SSSR count). The van der Waals surface area contributed by atoms with Crippen LogP contribution in [-0.4, -0.2) is 42.0 Å². The van der Waals surface area contributed by atoms with Crippen molar-refractivity contribution < 1.29 is 14.3 Å². The minimum absolute atomic E-state index is 0.0225. The number of amides is 2. The number of rotatable bonds is 10. The number of ether oxygens (including phenoxy) is 1. The fourth-order valence-electron chi connectivity index (χ4n) is 3.84. The van der Waals surface area contributed by atoms with Crippen LogP contribution in [-0.2, 0) is 27.3 Å². The van der Waals surface area contributed by atoms with Crippen LogP contribution < -0.4 is 5.32 Å². The van der Waals surface area contributed by atoms with Crippen molar-refractivity contribution in [3.63, 3.8) is 0 Å². The summed E-state index contributed by atoms with van der Waals surface area (Å²) in [6.07, 6.45) is 3.61. The first-order valence-electron chi connectivity index (χ1n) is 11.0. The summed E-state index contributed by atoms with van der Waals surface area (Å²) in [6.45, 7) is 3.55. The lowest BCUT2D eigenvalue weighted by Crippen LogP contribution is -2.51. The molecule has 1 heterocycles. The van der Waals surface area contributed by atoms with Gasteiger partial charge in [-0.15, -0.1) is 0 Å². The molecule has 1 saturated heterocycles. The van der Waals surface area contributed by atoms with Gasteiger partial charge in [0.25, 0.3) is 0 Å². The van der Waals surface area contributed by atoms with Crippen molar-refractivity contribution in [3.05, 3.63) is 70.7 Å². The van der Waals surface area contributed by atoms with Crippen molar-refractivity contribution in [1.29, 1.82) is 0 Å². The fraction of sp³-hybridized carbons (Fsp3) is 0.440. The van der Waals surface area contributed by atoms with Crippen molar-refractivity contribution in [2.24, 2.45) is 0 Å². The van der Waals surface area contributed by atoms with Crippen molar-refractivity contribution in [2.45, 2.75) is 57.7 Å². The van der Waals surface area contributed by atoms with Crippen LogP contribution in [0, 0.1) is 0 Å². The van der Waals surface area contributed by atoms with E-state index in [4.69, 9.17) is 16.3 Å². The van der Waals surface area contributed by atoms with E-state index in [2.05, 4.69) is 5.32 Å². The lowest BCUT2D eigenvalue weighted by Gasteiger charge is -2.32.